The third-order valence-corrected chi connectivity index (χ3v) is 3.31. The van der Waals surface area contributed by atoms with E-state index in [9.17, 15) is 4.79 Å². The van der Waals surface area contributed by atoms with Crippen molar-refractivity contribution in [3.05, 3.63) is 28.2 Å². The lowest BCUT2D eigenvalue weighted by Gasteiger charge is -2.09. The average Bonchev–Trinajstić information content (AvgIpc) is 2.74. The molecule has 0 radical (unpaired) electrons. The number of carbonyl (C=O) groups excluding carboxylic acids is 1. The van der Waals surface area contributed by atoms with Crippen molar-refractivity contribution in [1.82, 2.24) is 0 Å². The number of halogens is 1. The predicted molar refractivity (Wildman–Crippen MR) is 61.8 cm³/mol. The molecular weight excluding hydrogens is 258 g/mol. The predicted octanol–water partition coefficient (Wildman–Crippen LogP) is 2.25. The molecule has 0 spiro atoms. The third kappa shape index (κ3) is 2.06. The number of rotatable bonds is 2. The molecule has 1 heterocycles. The van der Waals surface area contributed by atoms with Crippen LogP contribution in [0.2, 0.25) is 0 Å². The summed E-state index contributed by atoms with van der Waals surface area (Å²) in [7, 11) is 0. The summed E-state index contributed by atoms with van der Waals surface area (Å²) in [4.78, 5) is 12.0. The van der Waals surface area contributed by atoms with Crippen molar-refractivity contribution in [2.24, 2.45) is 5.92 Å². The van der Waals surface area contributed by atoms with Gasteiger partial charge in [-0.15, -0.1) is 0 Å². The molecule has 3 nitrogen and oxygen atoms in total. The zero-order valence-corrected chi connectivity index (χ0v) is 9.79. The molecule has 0 aliphatic carbocycles. The molecule has 0 aromatic heterocycles. The van der Waals surface area contributed by atoms with E-state index in [0.29, 0.717) is 24.5 Å². The molecule has 0 amide bonds. The van der Waals surface area contributed by atoms with Gasteiger partial charge in [-0.2, -0.15) is 0 Å². The molecule has 0 saturated carbocycles. The minimum atomic E-state index is -0.0263. The number of Topliss-reactive ketones (excluding diaryl/α,β-unsaturated/α-hetero) is 1. The van der Waals surface area contributed by atoms with Gasteiger partial charge < -0.3 is 10.5 Å². The smallest absolute Gasteiger partial charge is 0.170 e. The van der Waals surface area contributed by atoms with E-state index in [1.165, 1.54) is 0 Å². The van der Waals surface area contributed by atoms with Gasteiger partial charge in [0.05, 0.1) is 12.3 Å². The summed E-state index contributed by atoms with van der Waals surface area (Å²) >= 11 is 3.31. The third-order valence-electron chi connectivity index (χ3n) is 2.62. The number of benzene rings is 1. The molecule has 1 aliphatic rings. The van der Waals surface area contributed by atoms with E-state index in [1.807, 2.05) is 12.1 Å². The van der Waals surface area contributed by atoms with Crippen molar-refractivity contribution in [2.75, 3.05) is 18.9 Å². The zero-order valence-electron chi connectivity index (χ0n) is 8.20. The van der Waals surface area contributed by atoms with Crippen LogP contribution in [0.1, 0.15) is 16.8 Å². The molecule has 15 heavy (non-hydrogen) atoms. The normalized spacial score (nSPS) is 20.5. The molecule has 4 heteroatoms. The fraction of sp³-hybridized carbons (Fsp3) is 0.364. The molecule has 1 saturated heterocycles. The van der Waals surface area contributed by atoms with Crippen LogP contribution in [0.25, 0.3) is 0 Å². The Hall–Kier alpha value is -0.870. The van der Waals surface area contributed by atoms with Gasteiger partial charge in [-0.3, -0.25) is 4.79 Å². The molecule has 1 aliphatic heterocycles. The highest BCUT2D eigenvalue weighted by Gasteiger charge is 2.26. The van der Waals surface area contributed by atoms with Gasteiger partial charge in [0.2, 0.25) is 0 Å². The quantitative estimate of drug-likeness (QED) is 0.662. The van der Waals surface area contributed by atoms with Crippen molar-refractivity contribution in [3.63, 3.8) is 0 Å². The van der Waals surface area contributed by atoms with Crippen LogP contribution in [0.15, 0.2) is 22.7 Å². The molecular formula is C11H12BrNO2. The largest absolute Gasteiger partial charge is 0.397 e. The number of ketones is 1. The second-order valence-corrected chi connectivity index (χ2v) is 4.48. The molecule has 1 atom stereocenters. The number of anilines is 1. The lowest BCUT2D eigenvalue weighted by atomic mass is 9.96. The number of hydrogen-bond donors (Lipinski definition) is 1. The number of hydrogen-bond acceptors (Lipinski definition) is 3. The zero-order chi connectivity index (χ0) is 10.8. The molecule has 1 aromatic rings. The Balaban J connectivity index is 2.28. The van der Waals surface area contributed by atoms with E-state index in [2.05, 4.69) is 15.9 Å². The lowest BCUT2D eigenvalue weighted by Crippen LogP contribution is -2.16. The van der Waals surface area contributed by atoms with Crippen LogP contribution in [0.4, 0.5) is 5.69 Å². The minimum absolute atomic E-state index is 0.0263. The summed E-state index contributed by atoms with van der Waals surface area (Å²) in [5, 5.41) is 0. The summed E-state index contributed by atoms with van der Waals surface area (Å²) in [6, 6.07) is 5.42. The SMILES string of the molecule is Nc1c(Br)cccc1C(=O)C1CCOC1. The maximum Gasteiger partial charge on any atom is 0.170 e. The van der Waals surface area contributed by atoms with E-state index >= 15 is 0 Å². The highest BCUT2D eigenvalue weighted by Crippen LogP contribution is 2.27. The first-order chi connectivity index (χ1) is 7.20. The monoisotopic (exact) mass is 269 g/mol. The fourth-order valence-electron chi connectivity index (χ4n) is 1.71. The van der Waals surface area contributed by atoms with Gasteiger partial charge in [-0.25, -0.2) is 0 Å². The van der Waals surface area contributed by atoms with Crippen LogP contribution in [0.3, 0.4) is 0 Å². The first kappa shape index (κ1) is 10.6. The summed E-state index contributed by atoms with van der Waals surface area (Å²) in [5.41, 5.74) is 6.96. The average molecular weight is 270 g/mol. The van der Waals surface area contributed by atoms with Gasteiger partial charge >= 0.3 is 0 Å². The van der Waals surface area contributed by atoms with Crippen molar-refractivity contribution in [3.8, 4) is 0 Å². The Bertz CT molecular complexity index is 386. The molecule has 2 rings (SSSR count). The molecule has 1 aromatic carbocycles. The molecule has 2 N–H and O–H groups in total. The van der Waals surface area contributed by atoms with Crippen LogP contribution in [-0.4, -0.2) is 19.0 Å². The van der Waals surface area contributed by atoms with Crippen molar-refractivity contribution in [1.29, 1.82) is 0 Å². The Morgan fingerprint density at radius 2 is 2.33 bits per heavy atom. The summed E-state index contributed by atoms with van der Waals surface area (Å²) in [6.45, 7) is 1.19. The second kappa shape index (κ2) is 4.33. The van der Waals surface area contributed by atoms with E-state index in [0.717, 1.165) is 10.9 Å². The fourth-order valence-corrected chi connectivity index (χ4v) is 2.08. The summed E-state index contributed by atoms with van der Waals surface area (Å²) in [5.74, 6) is 0.0629. The highest BCUT2D eigenvalue weighted by atomic mass is 79.9. The van der Waals surface area contributed by atoms with Crippen molar-refractivity contribution < 1.29 is 9.53 Å². The number of ether oxygens (including phenoxy) is 1. The van der Waals surface area contributed by atoms with Gasteiger partial charge in [-0.1, -0.05) is 6.07 Å². The van der Waals surface area contributed by atoms with Gasteiger partial charge in [-0.05, 0) is 34.5 Å². The summed E-state index contributed by atoms with van der Waals surface area (Å²) < 4.78 is 5.97. The Morgan fingerprint density at radius 3 is 3.00 bits per heavy atom. The van der Waals surface area contributed by atoms with Gasteiger partial charge in [0.1, 0.15) is 0 Å². The number of nitrogen functional groups attached to an aromatic ring is 1. The molecule has 80 valence electrons. The van der Waals surface area contributed by atoms with Gasteiger partial charge in [0.25, 0.3) is 0 Å². The minimum Gasteiger partial charge on any atom is -0.397 e. The first-order valence-electron chi connectivity index (χ1n) is 4.86. The topological polar surface area (TPSA) is 52.3 Å². The maximum atomic E-state index is 12.0. The van der Waals surface area contributed by atoms with E-state index in [4.69, 9.17) is 10.5 Å². The van der Waals surface area contributed by atoms with Crippen LogP contribution in [0.5, 0.6) is 0 Å². The second-order valence-electron chi connectivity index (χ2n) is 3.63. The van der Waals surface area contributed by atoms with Crippen molar-refractivity contribution in [2.45, 2.75) is 6.42 Å². The van der Waals surface area contributed by atoms with Crippen molar-refractivity contribution >= 4 is 27.4 Å². The van der Waals surface area contributed by atoms with E-state index in [-0.39, 0.29) is 11.7 Å². The molecule has 0 bridgehead atoms. The highest BCUT2D eigenvalue weighted by molar-refractivity contribution is 9.10. The Labute approximate surface area is 96.7 Å². The van der Waals surface area contributed by atoms with Gasteiger partial charge in [0, 0.05) is 22.6 Å². The van der Waals surface area contributed by atoms with Crippen LogP contribution in [0, 0.1) is 5.92 Å². The van der Waals surface area contributed by atoms with E-state index in [1.54, 1.807) is 6.07 Å². The van der Waals surface area contributed by atoms with Crippen LogP contribution in [-0.2, 0) is 4.74 Å². The Kier molecular flexibility index (Phi) is 3.07. The van der Waals surface area contributed by atoms with Gasteiger partial charge in [0.15, 0.2) is 5.78 Å². The standard InChI is InChI=1S/C11H12BrNO2/c12-9-3-1-2-8(10(9)13)11(14)7-4-5-15-6-7/h1-3,7H,4-6,13H2. The van der Waals surface area contributed by atoms with Crippen LogP contribution >= 0.6 is 15.9 Å². The first-order valence-corrected chi connectivity index (χ1v) is 5.65. The number of carbonyl (C=O) groups is 1. The number of nitrogens with two attached hydrogens (primary N) is 1. The summed E-state index contributed by atoms with van der Waals surface area (Å²) in [6.07, 6.45) is 0.796. The number of para-hydroxylation sites is 1. The lowest BCUT2D eigenvalue weighted by molar-refractivity contribution is 0.0901. The van der Waals surface area contributed by atoms with E-state index < -0.39 is 0 Å². The maximum absolute atomic E-state index is 12.0. The molecule has 1 unspecified atom stereocenters. The molecule has 1 fully saturated rings. The Morgan fingerprint density at radius 1 is 1.53 bits per heavy atom. The van der Waals surface area contributed by atoms with Crippen LogP contribution < -0.4 is 5.73 Å².